The smallest absolute Gasteiger partial charge is 0.139 e. The molecule has 1 aromatic heterocycles. The number of aryl methyl sites for hydroxylation is 2. The van der Waals surface area contributed by atoms with Gasteiger partial charge in [0.2, 0.25) is 0 Å². The van der Waals surface area contributed by atoms with Gasteiger partial charge in [0.15, 0.2) is 0 Å². The van der Waals surface area contributed by atoms with E-state index in [4.69, 9.17) is 4.42 Å². The van der Waals surface area contributed by atoms with Crippen LogP contribution in [0.5, 0.6) is 0 Å². The van der Waals surface area contributed by atoms with Crippen LogP contribution in [-0.4, -0.2) is 5.21 Å². The van der Waals surface area contributed by atoms with E-state index in [1.165, 1.54) is 0 Å². The predicted octanol–water partition coefficient (Wildman–Crippen LogP) is 4.01. The largest absolute Gasteiger partial charge is 0.456 e. The molecule has 0 saturated heterocycles. The van der Waals surface area contributed by atoms with Gasteiger partial charge in [-0.1, -0.05) is 41.6 Å². The van der Waals surface area contributed by atoms with E-state index in [1.807, 2.05) is 50.2 Å². The van der Waals surface area contributed by atoms with Crippen LogP contribution in [0.25, 0.3) is 22.3 Å². The molecule has 0 radical (unpaired) electrons. The summed E-state index contributed by atoms with van der Waals surface area (Å²) in [7, 11) is 0. The van der Waals surface area contributed by atoms with E-state index in [9.17, 15) is 5.21 Å². The Morgan fingerprint density at radius 2 is 1.75 bits per heavy atom. The van der Waals surface area contributed by atoms with Crippen molar-refractivity contribution < 1.29 is 9.62 Å². The minimum absolute atomic E-state index is 0.525. The van der Waals surface area contributed by atoms with Gasteiger partial charge in [0.05, 0.1) is 0 Å². The van der Waals surface area contributed by atoms with Crippen molar-refractivity contribution in [2.24, 2.45) is 5.16 Å². The average Bonchev–Trinajstić information content (AvgIpc) is 2.47. The first kappa shape index (κ1) is 12.5. The summed E-state index contributed by atoms with van der Waals surface area (Å²) in [5.41, 5.74) is 3.86. The number of benzene rings is 2. The fraction of sp³-hybridized carbons (Fsp3) is 0.118. The lowest BCUT2D eigenvalue weighted by molar-refractivity contribution is 0.302. The third-order valence-electron chi connectivity index (χ3n) is 3.34. The molecule has 3 aromatic rings. The van der Waals surface area contributed by atoms with Crippen LogP contribution < -0.4 is 5.36 Å². The highest BCUT2D eigenvalue weighted by Gasteiger charge is 2.08. The predicted molar refractivity (Wildman–Crippen MR) is 78.5 cm³/mol. The van der Waals surface area contributed by atoms with E-state index in [2.05, 4.69) is 11.2 Å². The molecular formula is C17H15NO2. The monoisotopic (exact) mass is 265 g/mol. The Bertz CT molecular complexity index is 833. The molecule has 3 heteroatoms. The topological polar surface area (TPSA) is 45.7 Å². The first-order chi connectivity index (χ1) is 9.69. The Labute approximate surface area is 116 Å². The minimum atomic E-state index is 0.525. The second-order valence-corrected chi connectivity index (χ2v) is 4.92. The summed E-state index contributed by atoms with van der Waals surface area (Å²) < 4.78 is 6.00. The maximum absolute atomic E-state index is 9.27. The minimum Gasteiger partial charge on any atom is -0.456 e. The number of nitrogens with zero attached hydrogens (tertiary/aromatic N) is 1. The first-order valence-electron chi connectivity index (χ1n) is 6.47. The molecule has 2 aromatic carbocycles. The van der Waals surface area contributed by atoms with Gasteiger partial charge in [0.25, 0.3) is 0 Å². The second kappa shape index (κ2) is 4.85. The lowest BCUT2D eigenvalue weighted by Gasteiger charge is -2.07. The molecule has 0 amide bonds. The molecule has 0 atom stereocenters. The van der Waals surface area contributed by atoms with E-state index < -0.39 is 0 Å². The Kier molecular flexibility index (Phi) is 3.03. The van der Waals surface area contributed by atoms with Crippen molar-refractivity contribution in [2.45, 2.75) is 13.8 Å². The molecule has 0 aliphatic rings. The maximum atomic E-state index is 9.27. The lowest BCUT2D eigenvalue weighted by atomic mass is 10.1. The van der Waals surface area contributed by atoms with Crippen LogP contribution in [0.3, 0.4) is 0 Å². The van der Waals surface area contributed by atoms with E-state index in [1.54, 1.807) is 6.07 Å². The molecule has 0 spiro atoms. The molecule has 0 bridgehead atoms. The zero-order valence-electron chi connectivity index (χ0n) is 11.4. The van der Waals surface area contributed by atoms with E-state index in [-0.39, 0.29) is 0 Å². The van der Waals surface area contributed by atoms with Gasteiger partial charge < -0.3 is 9.62 Å². The number of rotatable bonds is 1. The van der Waals surface area contributed by atoms with Crippen LogP contribution in [0.2, 0.25) is 0 Å². The molecule has 0 aliphatic heterocycles. The third kappa shape index (κ3) is 2.07. The van der Waals surface area contributed by atoms with Gasteiger partial charge >= 0.3 is 0 Å². The lowest BCUT2D eigenvalue weighted by Crippen LogP contribution is -2.04. The Balaban J connectivity index is 2.39. The standard InChI is InChI=1S/C17H15NO2/c1-11-8-12(2)17-14(9-11)15(18-19)10-16(20-17)13-6-4-3-5-7-13/h3-10,19H,1-2H3/b18-15-. The van der Waals surface area contributed by atoms with Crippen molar-refractivity contribution in [3.05, 3.63) is 65.0 Å². The van der Waals surface area contributed by atoms with Crippen molar-refractivity contribution in [3.63, 3.8) is 0 Å². The first-order valence-corrected chi connectivity index (χ1v) is 6.47. The summed E-state index contributed by atoms with van der Waals surface area (Å²) in [5.74, 6) is 0.692. The van der Waals surface area contributed by atoms with Crippen molar-refractivity contribution in [3.8, 4) is 11.3 Å². The van der Waals surface area contributed by atoms with E-state index in [0.29, 0.717) is 11.1 Å². The molecule has 100 valence electrons. The van der Waals surface area contributed by atoms with Gasteiger partial charge in [-0.15, -0.1) is 0 Å². The highest BCUT2D eigenvalue weighted by Crippen LogP contribution is 2.24. The van der Waals surface area contributed by atoms with Gasteiger partial charge in [-0.05, 0) is 31.0 Å². The molecule has 0 saturated carbocycles. The average molecular weight is 265 g/mol. The fourth-order valence-corrected chi connectivity index (χ4v) is 2.45. The van der Waals surface area contributed by atoms with Crippen LogP contribution in [-0.2, 0) is 0 Å². The molecule has 0 unspecified atom stereocenters. The number of hydrogen-bond donors (Lipinski definition) is 1. The molecule has 0 fully saturated rings. The van der Waals surface area contributed by atoms with Crippen molar-refractivity contribution in [1.29, 1.82) is 0 Å². The second-order valence-electron chi connectivity index (χ2n) is 4.92. The zero-order chi connectivity index (χ0) is 14.1. The molecular weight excluding hydrogens is 250 g/mol. The van der Waals surface area contributed by atoms with Crippen molar-refractivity contribution in [1.82, 2.24) is 0 Å². The molecule has 0 aliphatic carbocycles. The molecule has 1 N–H and O–H groups in total. The maximum Gasteiger partial charge on any atom is 0.139 e. The quantitative estimate of drug-likeness (QED) is 0.534. The molecule has 1 heterocycles. The summed E-state index contributed by atoms with van der Waals surface area (Å²) in [4.78, 5) is 0. The number of fused-ring (bicyclic) bond motifs is 1. The molecule has 20 heavy (non-hydrogen) atoms. The van der Waals surface area contributed by atoms with Crippen LogP contribution in [0, 0.1) is 13.8 Å². The van der Waals surface area contributed by atoms with E-state index >= 15 is 0 Å². The van der Waals surface area contributed by atoms with Crippen LogP contribution in [0.15, 0.2) is 58.1 Å². The SMILES string of the molecule is Cc1cc(C)c2oc(-c3ccccc3)c/c(=N/O)c2c1. The van der Waals surface area contributed by atoms with Crippen molar-refractivity contribution >= 4 is 11.0 Å². The van der Waals surface area contributed by atoms with Crippen LogP contribution >= 0.6 is 0 Å². The summed E-state index contributed by atoms with van der Waals surface area (Å²) >= 11 is 0. The van der Waals surface area contributed by atoms with Crippen LogP contribution in [0.4, 0.5) is 0 Å². The summed E-state index contributed by atoms with van der Waals surface area (Å²) in [6.07, 6.45) is 0. The van der Waals surface area contributed by atoms with Gasteiger partial charge in [-0.2, -0.15) is 0 Å². The summed E-state index contributed by atoms with van der Waals surface area (Å²) in [5, 5.41) is 14.0. The molecule has 3 nitrogen and oxygen atoms in total. The summed E-state index contributed by atoms with van der Waals surface area (Å²) in [6.45, 7) is 4.01. The van der Waals surface area contributed by atoms with Gasteiger partial charge in [0.1, 0.15) is 16.7 Å². The molecule has 3 rings (SSSR count). The fourth-order valence-electron chi connectivity index (χ4n) is 2.45. The van der Waals surface area contributed by atoms with E-state index in [0.717, 1.165) is 27.7 Å². The zero-order valence-corrected chi connectivity index (χ0v) is 11.4. The summed E-state index contributed by atoms with van der Waals surface area (Å²) in [6, 6.07) is 15.6. The highest BCUT2D eigenvalue weighted by molar-refractivity contribution is 5.82. The third-order valence-corrected chi connectivity index (χ3v) is 3.34. The Morgan fingerprint density at radius 1 is 1.00 bits per heavy atom. The van der Waals surface area contributed by atoms with Crippen LogP contribution in [0.1, 0.15) is 11.1 Å². The number of hydrogen-bond acceptors (Lipinski definition) is 3. The van der Waals surface area contributed by atoms with Gasteiger partial charge in [0, 0.05) is 17.0 Å². The highest BCUT2D eigenvalue weighted by atomic mass is 16.4. The Hall–Kier alpha value is -2.55. The van der Waals surface area contributed by atoms with Crippen molar-refractivity contribution in [2.75, 3.05) is 0 Å². The van der Waals surface area contributed by atoms with Gasteiger partial charge in [-0.25, -0.2) is 0 Å². The normalized spacial score (nSPS) is 12.0. The Morgan fingerprint density at radius 3 is 2.45 bits per heavy atom. The van der Waals surface area contributed by atoms with Gasteiger partial charge in [-0.3, -0.25) is 0 Å².